The molecule has 2 N–H and O–H groups in total. The minimum atomic E-state index is -0.0537. The first-order chi connectivity index (χ1) is 11.7. The number of carbonyl (C=O) groups excluding carboxylic acids is 1. The van der Waals surface area contributed by atoms with Crippen LogP contribution in [0.1, 0.15) is 49.9 Å². The van der Waals surface area contributed by atoms with Gasteiger partial charge in [-0.1, -0.05) is 13.3 Å². The van der Waals surface area contributed by atoms with Crippen molar-refractivity contribution in [3.8, 4) is 11.5 Å². The van der Waals surface area contributed by atoms with Crippen molar-refractivity contribution in [3.63, 3.8) is 0 Å². The molecule has 1 heterocycles. The van der Waals surface area contributed by atoms with Crippen LogP contribution in [0.4, 0.5) is 0 Å². The maximum Gasteiger partial charge on any atom is 0.251 e. The molecule has 5 nitrogen and oxygen atoms in total. The topological polar surface area (TPSA) is 59.6 Å². The molecule has 142 valence electrons. The average molecular weight is 371 g/mol. The molecule has 25 heavy (non-hydrogen) atoms. The lowest BCUT2D eigenvalue weighted by molar-refractivity contribution is 0.0951. The molecule has 1 saturated heterocycles. The Balaban J connectivity index is 0.00000312. The minimum absolute atomic E-state index is 0. The molecule has 0 aromatic heterocycles. The van der Waals surface area contributed by atoms with Crippen molar-refractivity contribution >= 4 is 18.3 Å². The Morgan fingerprint density at radius 2 is 2.12 bits per heavy atom. The molecular formula is C19H31ClN2O3. The van der Waals surface area contributed by atoms with Crippen LogP contribution in [-0.4, -0.2) is 38.8 Å². The van der Waals surface area contributed by atoms with Gasteiger partial charge in [-0.15, -0.1) is 12.4 Å². The summed E-state index contributed by atoms with van der Waals surface area (Å²) in [5.74, 6) is 1.97. The van der Waals surface area contributed by atoms with Gasteiger partial charge < -0.3 is 20.1 Å². The van der Waals surface area contributed by atoms with Crippen molar-refractivity contribution in [1.29, 1.82) is 0 Å². The maximum atomic E-state index is 12.3. The first-order valence-corrected chi connectivity index (χ1v) is 9.13. The van der Waals surface area contributed by atoms with Crippen molar-refractivity contribution < 1.29 is 14.3 Å². The van der Waals surface area contributed by atoms with Gasteiger partial charge in [0.05, 0.1) is 13.2 Å². The summed E-state index contributed by atoms with van der Waals surface area (Å²) in [7, 11) is 0. The molecule has 0 aliphatic carbocycles. The second-order valence-electron chi connectivity index (χ2n) is 6.20. The number of hydrogen-bond acceptors (Lipinski definition) is 4. The van der Waals surface area contributed by atoms with Gasteiger partial charge >= 0.3 is 0 Å². The number of nitrogens with one attached hydrogen (secondary N) is 2. The number of unbranched alkanes of at least 4 members (excludes halogenated alkanes) is 1. The molecule has 6 heteroatoms. The highest BCUT2D eigenvalue weighted by atomic mass is 35.5. The Morgan fingerprint density at radius 1 is 1.28 bits per heavy atom. The zero-order valence-electron chi connectivity index (χ0n) is 15.3. The summed E-state index contributed by atoms with van der Waals surface area (Å²) in [5, 5.41) is 6.35. The number of hydrogen-bond donors (Lipinski definition) is 2. The molecule has 0 saturated carbocycles. The second-order valence-corrected chi connectivity index (χ2v) is 6.20. The van der Waals surface area contributed by atoms with Crippen molar-refractivity contribution in [2.75, 3.05) is 32.8 Å². The van der Waals surface area contributed by atoms with Gasteiger partial charge in [-0.2, -0.15) is 0 Å². The fraction of sp³-hybridized carbons (Fsp3) is 0.632. The number of halogens is 1. The van der Waals surface area contributed by atoms with E-state index >= 15 is 0 Å². The van der Waals surface area contributed by atoms with Crippen LogP contribution in [0, 0.1) is 5.92 Å². The van der Waals surface area contributed by atoms with Gasteiger partial charge in [-0.05, 0) is 63.4 Å². The van der Waals surface area contributed by atoms with E-state index in [1.165, 1.54) is 6.42 Å². The number of amides is 1. The van der Waals surface area contributed by atoms with E-state index in [4.69, 9.17) is 9.47 Å². The van der Waals surface area contributed by atoms with Crippen LogP contribution in [0.2, 0.25) is 0 Å². The lowest BCUT2D eigenvalue weighted by Crippen LogP contribution is -2.26. The van der Waals surface area contributed by atoms with E-state index in [0.717, 1.165) is 32.4 Å². The van der Waals surface area contributed by atoms with Crippen molar-refractivity contribution in [1.82, 2.24) is 10.6 Å². The van der Waals surface area contributed by atoms with Crippen LogP contribution in [0.3, 0.4) is 0 Å². The molecular weight excluding hydrogens is 340 g/mol. The quantitative estimate of drug-likeness (QED) is 0.619. The van der Waals surface area contributed by atoms with Gasteiger partial charge in [-0.3, -0.25) is 4.79 Å². The monoisotopic (exact) mass is 370 g/mol. The molecule has 1 unspecified atom stereocenters. The van der Waals surface area contributed by atoms with Gasteiger partial charge in [0.2, 0.25) is 0 Å². The summed E-state index contributed by atoms with van der Waals surface area (Å²) in [5.41, 5.74) is 0.617. The number of benzene rings is 1. The Kier molecular flexibility index (Phi) is 10.3. The molecule has 1 aliphatic heterocycles. The fourth-order valence-corrected chi connectivity index (χ4v) is 2.82. The maximum absolute atomic E-state index is 12.3. The average Bonchev–Trinajstić information content (AvgIpc) is 3.10. The standard InChI is InChI=1S/C19H30N2O3.ClH/c1-3-5-12-24-17-7-6-16(13-18(17)23-4-2)19(22)21-11-9-15-8-10-20-14-15;/h6-7,13,15,20H,3-5,8-12,14H2,1-2H3,(H,21,22);1H. The molecule has 1 amide bonds. The minimum Gasteiger partial charge on any atom is -0.490 e. The Morgan fingerprint density at radius 3 is 2.80 bits per heavy atom. The normalized spacial score (nSPS) is 16.2. The van der Waals surface area contributed by atoms with Crippen LogP contribution in [0.25, 0.3) is 0 Å². The number of ether oxygens (including phenoxy) is 2. The van der Waals surface area contributed by atoms with Crippen molar-refractivity contribution in [2.45, 2.75) is 39.5 Å². The zero-order chi connectivity index (χ0) is 17.2. The van der Waals surface area contributed by atoms with Crippen LogP contribution in [0.15, 0.2) is 18.2 Å². The third kappa shape index (κ3) is 7.12. The second kappa shape index (κ2) is 12.0. The van der Waals surface area contributed by atoms with E-state index in [0.29, 0.717) is 42.7 Å². The summed E-state index contributed by atoms with van der Waals surface area (Å²) in [6.07, 6.45) is 4.31. The summed E-state index contributed by atoms with van der Waals surface area (Å²) in [4.78, 5) is 12.3. The van der Waals surface area contributed by atoms with Crippen molar-refractivity contribution in [3.05, 3.63) is 23.8 Å². The highest BCUT2D eigenvalue weighted by Gasteiger charge is 2.15. The smallest absolute Gasteiger partial charge is 0.251 e. The lowest BCUT2D eigenvalue weighted by atomic mass is 10.1. The Labute approximate surface area is 157 Å². The van der Waals surface area contributed by atoms with Crippen LogP contribution in [-0.2, 0) is 0 Å². The predicted molar refractivity (Wildman–Crippen MR) is 103 cm³/mol. The van der Waals surface area contributed by atoms with Gasteiger partial charge in [0.1, 0.15) is 0 Å². The van der Waals surface area contributed by atoms with E-state index in [1.54, 1.807) is 12.1 Å². The van der Waals surface area contributed by atoms with E-state index in [2.05, 4.69) is 17.6 Å². The third-order valence-electron chi connectivity index (χ3n) is 4.26. The Bertz CT molecular complexity index is 519. The highest BCUT2D eigenvalue weighted by Crippen LogP contribution is 2.28. The largest absolute Gasteiger partial charge is 0.490 e. The molecule has 0 spiro atoms. The first-order valence-electron chi connectivity index (χ1n) is 9.13. The summed E-state index contributed by atoms with van der Waals surface area (Å²) in [6.45, 7) is 8.13. The van der Waals surface area contributed by atoms with Crippen LogP contribution >= 0.6 is 12.4 Å². The summed E-state index contributed by atoms with van der Waals surface area (Å²) < 4.78 is 11.4. The molecule has 1 fully saturated rings. The summed E-state index contributed by atoms with van der Waals surface area (Å²) >= 11 is 0. The molecule has 1 aromatic carbocycles. The SMILES string of the molecule is CCCCOc1ccc(C(=O)NCCC2CCNC2)cc1OCC.Cl. The van der Waals surface area contributed by atoms with E-state index in [1.807, 2.05) is 13.0 Å². The molecule has 0 radical (unpaired) electrons. The third-order valence-corrected chi connectivity index (χ3v) is 4.26. The lowest BCUT2D eigenvalue weighted by Gasteiger charge is -2.14. The zero-order valence-corrected chi connectivity index (χ0v) is 16.1. The highest BCUT2D eigenvalue weighted by molar-refractivity contribution is 5.94. The molecule has 0 bridgehead atoms. The number of rotatable bonds is 10. The summed E-state index contributed by atoms with van der Waals surface area (Å²) in [6, 6.07) is 5.41. The molecule has 1 atom stereocenters. The van der Waals surface area contributed by atoms with Gasteiger partial charge in [0, 0.05) is 12.1 Å². The molecule has 2 rings (SSSR count). The fourth-order valence-electron chi connectivity index (χ4n) is 2.82. The Hall–Kier alpha value is -1.46. The number of carbonyl (C=O) groups is 1. The van der Waals surface area contributed by atoms with E-state index < -0.39 is 0 Å². The van der Waals surface area contributed by atoms with Crippen molar-refractivity contribution in [2.24, 2.45) is 5.92 Å². The predicted octanol–water partition coefficient (Wildman–Crippen LogP) is 3.42. The van der Waals surface area contributed by atoms with E-state index in [9.17, 15) is 4.79 Å². The van der Waals surface area contributed by atoms with Gasteiger partial charge in [-0.25, -0.2) is 0 Å². The molecule has 1 aliphatic rings. The van der Waals surface area contributed by atoms with Crippen LogP contribution < -0.4 is 20.1 Å². The molecule has 1 aromatic rings. The first kappa shape index (κ1) is 21.6. The van der Waals surface area contributed by atoms with E-state index in [-0.39, 0.29) is 18.3 Å². The van der Waals surface area contributed by atoms with Crippen LogP contribution in [0.5, 0.6) is 11.5 Å². The van der Waals surface area contributed by atoms with Gasteiger partial charge in [0.15, 0.2) is 11.5 Å². The van der Waals surface area contributed by atoms with Gasteiger partial charge in [0.25, 0.3) is 5.91 Å².